The van der Waals surface area contributed by atoms with Crippen molar-refractivity contribution in [3.8, 4) is 5.75 Å². The lowest BCUT2D eigenvalue weighted by Crippen LogP contribution is -2.19. The summed E-state index contributed by atoms with van der Waals surface area (Å²) in [6.45, 7) is 0. The van der Waals surface area contributed by atoms with Gasteiger partial charge in [-0.1, -0.05) is 12.1 Å². The van der Waals surface area contributed by atoms with Gasteiger partial charge < -0.3 is 10.1 Å². The molecule has 1 aliphatic heterocycles. The number of nitrogens with one attached hydrogen (secondary N) is 2. The Balaban J connectivity index is 1.80. The van der Waals surface area contributed by atoms with Crippen LogP contribution in [0.4, 0.5) is 5.69 Å². The Labute approximate surface area is 144 Å². The number of hydrogen-bond donors (Lipinski definition) is 2. The highest BCUT2D eigenvalue weighted by Crippen LogP contribution is 2.32. The van der Waals surface area contributed by atoms with Gasteiger partial charge in [-0.25, -0.2) is 8.42 Å². The minimum Gasteiger partial charge on any atom is -0.497 e. The van der Waals surface area contributed by atoms with Gasteiger partial charge in [0.25, 0.3) is 10.0 Å². The largest absolute Gasteiger partial charge is 0.497 e. The van der Waals surface area contributed by atoms with E-state index in [1.165, 1.54) is 31.0 Å². The van der Waals surface area contributed by atoms with Gasteiger partial charge >= 0.3 is 0 Å². The molecule has 0 saturated carbocycles. The van der Waals surface area contributed by atoms with Gasteiger partial charge in [-0.2, -0.15) is 0 Å². The molecule has 0 aromatic heterocycles. The van der Waals surface area contributed by atoms with E-state index < -0.39 is 10.0 Å². The molecular formula is C16H16N2O4S2. The van der Waals surface area contributed by atoms with Crippen LogP contribution in [-0.2, 0) is 14.8 Å². The molecule has 0 spiro atoms. The SMILES string of the molecule is COc1ccc(S(=O)(=O)Nc2cccc(C3NC(=O)CS3)c2)cc1. The predicted molar refractivity (Wildman–Crippen MR) is 93.6 cm³/mol. The number of hydrogen-bond acceptors (Lipinski definition) is 5. The standard InChI is InChI=1S/C16H16N2O4S2/c1-22-13-5-7-14(8-6-13)24(20,21)18-12-4-2-3-11(9-12)16-17-15(19)10-23-16/h2-9,16,18H,10H2,1H3,(H,17,19). The number of sulfonamides is 1. The number of carbonyl (C=O) groups excluding carboxylic acids is 1. The lowest BCUT2D eigenvalue weighted by molar-refractivity contribution is -0.118. The third kappa shape index (κ3) is 3.65. The van der Waals surface area contributed by atoms with Crippen molar-refractivity contribution in [2.45, 2.75) is 10.3 Å². The first kappa shape index (κ1) is 16.7. The van der Waals surface area contributed by atoms with E-state index in [-0.39, 0.29) is 16.2 Å². The minimum absolute atomic E-state index is 0.0192. The number of rotatable bonds is 5. The normalized spacial score (nSPS) is 17.4. The fraction of sp³-hybridized carbons (Fsp3) is 0.188. The second-order valence-corrected chi connectivity index (χ2v) is 7.94. The zero-order valence-corrected chi connectivity index (χ0v) is 14.5. The lowest BCUT2D eigenvalue weighted by Gasteiger charge is -2.13. The Bertz CT molecular complexity index is 851. The van der Waals surface area contributed by atoms with Gasteiger partial charge in [-0.05, 0) is 42.0 Å². The number of anilines is 1. The minimum atomic E-state index is -3.69. The lowest BCUT2D eigenvalue weighted by atomic mass is 10.2. The van der Waals surface area contributed by atoms with Crippen LogP contribution in [0.15, 0.2) is 53.4 Å². The van der Waals surface area contributed by atoms with Crippen LogP contribution in [0.1, 0.15) is 10.9 Å². The summed E-state index contributed by atoms with van der Waals surface area (Å²) >= 11 is 1.48. The highest BCUT2D eigenvalue weighted by atomic mass is 32.2. The van der Waals surface area contributed by atoms with Crippen LogP contribution in [-0.4, -0.2) is 27.2 Å². The van der Waals surface area contributed by atoms with E-state index in [0.29, 0.717) is 17.2 Å². The molecule has 1 atom stereocenters. The quantitative estimate of drug-likeness (QED) is 0.851. The average Bonchev–Trinajstić information content (AvgIpc) is 3.01. The topological polar surface area (TPSA) is 84.5 Å². The van der Waals surface area contributed by atoms with E-state index in [2.05, 4.69) is 10.0 Å². The fourth-order valence-corrected chi connectivity index (χ4v) is 4.31. The van der Waals surface area contributed by atoms with Gasteiger partial charge in [0.2, 0.25) is 5.91 Å². The molecule has 2 N–H and O–H groups in total. The van der Waals surface area contributed by atoms with Crippen LogP contribution in [0, 0.1) is 0 Å². The highest BCUT2D eigenvalue weighted by Gasteiger charge is 2.23. The third-order valence-electron chi connectivity index (χ3n) is 3.48. The van der Waals surface area contributed by atoms with Gasteiger partial charge in [0.05, 0.1) is 17.8 Å². The fourth-order valence-electron chi connectivity index (χ4n) is 2.30. The summed E-state index contributed by atoms with van der Waals surface area (Å²) in [7, 11) is -2.17. The summed E-state index contributed by atoms with van der Waals surface area (Å²) in [5.74, 6) is 0.978. The van der Waals surface area contributed by atoms with Crippen molar-refractivity contribution in [3.05, 3.63) is 54.1 Å². The van der Waals surface area contributed by atoms with Crippen molar-refractivity contribution in [2.24, 2.45) is 0 Å². The van der Waals surface area contributed by atoms with E-state index >= 15 is 0 Å². The van der Waals surface area contributed by atoms with Gasteiger partial charge in [0.15, 0.2) is 0 Å². The van der Waals surface area contributed by atoms with Gasteiger partial charge in [0.1, 0.15) is 11.1 Å². The average molecular weight is 364 g/mol. The van der Waals surface area contributed by atoms with Crippen molar-refractivity contribution in [1.29, 1.82) is 0 Å². The molecule has 1 aliphatic rings. The van der Waals surface area contributed by atoms with Crippen molar-refractivity contribution >= 4 is 33.4 Å². The van der Waals surface area contributed by atoms with Crippen LogP contribution in [0.5, 0.6) is 5.75 Å². The molecule has 6 nitrogen and oxygen atoms in total. The molecule has 1 amide bonds. The maximum Gasteiger partial charge on any atom is 0.261 e. The van der Waals surface area contributed by atoms with E-state index in [0.717, 1.165) is 5.56 Å². The summed E-state index contributed by atoms with van der Waals surface area (Å²) in [6, 6.07) is 13.2. The van der Waals surface area contributed by atoms with Crippen molar-refractivity contribution in [3.63, 3.8) is 0 Å². The second-order valence-electron chi connectivity index (χ2n) is 5.17. The zero-order chi connectivity index (χ0) is 17.2. The number of ether oxygens (including phenoxy) is 1. The first-order valence-electron chi connectivity index (χ1n) is 7.16. The van der Waals surface area contributed by atoms with Gasteiger partial charge in [-0.3, -0.25) is 9.52 Å². The molecule has 126 valence electrons. The van der Waals surface area contributed by atoms with Crippen LogP contribution < -0.4 is 14.8 Å². The molecule has 0 bridgehead atoms. The molecule has 0 aliphatic carbocycles. The molecule has 24 heavy (non-hydrogen) atoms. The first-order chi connectivity index (χ1) is 11.5. The van der Waals surface area contributed by atoms with Crippen molar-refractivity contribution in [2.75, 3.05) is 17.6 Å². The van der Waals surface area contributed by atoms with Crippen LogP contribution in [0.25, 0.3) is 0 Å². The van der Waals surface area contributed by atoms with Crippen LogP contribution in [0.2, 0.25) is 0 Å². The monoisotopic (exact) mass is 364 g/mol. The molecule has 3 rings (SSSR count). The van der Waals surface area contributed by atoms with E-state index in [9.17, 15) is 13.2 Å². The number of amides is 1. The van der Waals surface area contributed by atoms with Crippen LogP contribution >= 0.6 is 11.8 Å². The van der Waals surface area contributed by atoms with E-state index in [1.54, 1.807) is 30.3 Å². The Morgan fingerprint density at radius 2 is 1.96 bits per heavy atom. The summed E-state index contributed by atoms with van der Waals surface area (Å²) in [5, 5.41) is 2.69. The number of thioether (sulfide) groups is 1. The Morgan fingerprint density at radius 3 is 2.58 bits per heavy atom. The maximum absolute atomic E-state index is 12.5. The molecule has 0 radical (unpaired) electrons. The Morgan fingerprint density at radius 1 is 1.21 bits per heavy atom. The van der Waals surface area contributed by atoms with Gasteiger partial charge in [-0.15, -0.1) is 11.8 Å². The summed E-state index contributed by atoms with van der Waals surface area (Å²) in [6.07, 6.45) is 0. The van der Waals surface area contributed by atoms with E-state index in [4.69, 9.17) is 4.74 Å². The molecule has 1 heterocycles. The third-order valence-corrected chi connectivity index (χ3v) is 6.03. The molecule has 2 aromatic carbocycles. The van der Waals surface area contributed by atoms with E-state index in [1.807, 2.05) is 6.07 Å². The molecular weight excluding hydrogens is 348 g/mol. The zero-order valence-electron chi connectivity index (χ0n) is 12.9. The summed E-state index contributed by atoms with van der Waals surface area (Å²) in [4.78, 5) is 11.5. The molecule has 1 saturated heterocycles. The Hall–Kier alpha value is -2.19. The smallest absolute Gasteiger partial charge is 0.261 e. The molecule has 2 aromatic rings. The Kier molecular flexibility index (Phi) is 4.68. The maximum atomic E-state index is 12.5. The summed E-state index contributed by atoms with van der Waals surface area (Å²) in [5.41, 5.74) is 1.30. The second kappa shape index (κ2) is 6.74. The number of carbonyl (C=O) groups is 1. The molecule has 1 unspecified atom stereocenters. The highest BCUT2D eigenvalue weighted by molar-refractivity contribution is 8.00. The summed E-state index contributed by atoms with van der Waals surface area (Å²) < 4.78 is 32.5. The molecule has 8 heteroatoms. The molecule has 1 fully saturated rings. The number of methoxy groups -OCH3 is 1. The first-order valence-corrected chi connectivity index (χ1v) is 9.69. The van der Waals surface area contributed by atoms with Crippen molar-refractivity contribution < 1.29 is 17.9 Å². The van der Waals surface area contributed by atoms with Crippen molar-refractivity contribution in [1.82, 2.24) is 5.32 Å². The predicted octanol–water partition coefficient (Wildman–Crippen LogP) is 2.36. The number of benzene rings is 2. The van der Waals surface area contributed by atoms with Gasteiger partial charge in [0, 0.05) is 5.69 Å². The van der Waals surface area contributed by atoms with Crippen LogP contribution in [0.3, 0.4) is 0 Å².